The Bertz CT molecular complexity index is 422. The Kier molecular flexibility index (Phi) is 5.46. The summed E-state index contributed by atoms with van der Waals surface area (Å²) in [6.07, 6.45) is 1.53. The smallest absolute Gasteiger partial charge is 0.151 e. The fourth-order valence-corrected chi connectivity index (χ4v) is 5.37. The van der Waals surface area contributed by atoms with Gasteiger partial charge in [0.15, 0.2) is 5.78 Å². The molecule has 1 fully saturated rings. The maximum Gasteiger partial charge on any atom is 0.151 e. The lowest BCUT2D eigenvalue weighted by atomic mass is 10.0. The molecule has 2 rings (SSSR count). The SMILES string of the molecule is CCC1SCCSC1C(=O)Cc1ccccc1Cl. The zero-order valence-corrected chi connectivity index (χ0v) is 12.8. The summed E-state index contributed by atoms with van der Waals surface area (Å²) in [4.78, 5) is 12.4. The summed E-state index contributed by atoms with van der Waals surface area (Å²) in [5.41, 5.74) is 0.954. The molecular formula is C14H17ClOS2. The number of thioether (sulfide) groups is 2. The highest BCUT2D eigenvalue weighted by molar-refractivity contribution is 8.07. The van der Waals surface area contributed by atoms with E-state index in [-0.39, 0.29) is 5.25 Å². The van der Waals surface area contributed by atoms with Crippen molar-refractivity contribution in [2.45, 2.75) is 30.3 Å². The summed E-state index contributed by atoms with van der Waals surface area (Å²) in [5.74, 6) is 2.58. The summed E-state index contributed by atoms with van der Waals surface area (Å²) in [7, 11) is 0. The van der Waals surface area contributed by atoms with Crippen LogP contribution in [0.25, 0.3) is 0 Å². The Morgan fingerprint density at radius 1 is 1.33 bits per heavy atom. The number of benzene rings is 1. The summed E-state index contributed by atoms with van der Waals surface area (Å²) < 4.78 is 0. The van der Waals surface area contributed by atoms with Gasteiger partial charge in [-0.1, -0.05) is 36.7 Å². The molecule has 4 heteroatoms. The summed E-state index contributed by atoms with van der Waals surface area (Å²) in [5, 5.41) is 1.32. The van der Waals surface area contributed by atoms with E-state index in [1.807, 2.05) is 47.8 Å². The highest BCUT2D eigenvalue weighted by Crippen LogP contribution is 2.34. The summed E-state index contributed by atoms with van der Waals surface area (Å²) in [6, 6.07) is 7.64. The maximum absolute atomic E-state index is 12.4. The predicted octanol–water partition coefficient (Wildman–Crippen LogP) is 4.08. The largest absolute Gasteiger partial charge is 0.298 e. The van der Waals surface area contributed by atoms with Crippen LogP contribution in [0.1, 0.15) is 18.9 Å². The number of Topliss-reactive ketones (excluding diaryl/α,β-unsaturated/α-hetero) is 1. The third-order valence-corrected chi connectivity index (χ3v) is 6.76. The molecule has 1 nitrogen and oxygen atoms in total. The second-order valence-corrected chi connectivity index (χ2v) is 7.35. The fourth-order valence-electron chi connectivity index (χ4n) is 2.13. The monoisotopic (exact) mass is 300 g/mol. The lowest BCUT2D eigenvalue weighted by molar-refractivity contribution is -0.117. The van der Waals surface area contributed by atoms with E-state index in [0.717, 1.165) is 17.7 Å². The van der Waals surface area contributed by atoms with Crippen molar-refractivity contribution in [1.29, 1.82) is 0 Å². The van der Waals surface area contributed by atoms with Crippen LogP contribution in [0, 0.1) is 0 Å². The second kappa shape index (κ2) is 6.88. The van der Waals surface area contributed by atoms with Crippen LogP contribution in [0.15, 0.2) is 24.3 Å². The van der Waals surface area contributed by atoms with Gasteiger partial charge in [0.25, 0.3) is 0 Å². The molecule has 0 spiro atoms. The summed E-state index contributed by atoms with van der Waals surface area (Å²) >= 11 is 9.87. The Morgan fingerprint density at radius 2 is 2.06 bits per heavy atom. The minimum atomic E-state index is 0.144. The maximum atomic E-state index is 12.4. The van der Waals surface area contributed by atoms with Gasteiger partial charge in [0.05, 0.1) is 5.25 Å². The van der Waals surface area contributed by atoms with E-state index in [1.54, 1.807) is 0 Å². The quantitative estimate of drug-likeness (QED) is 0.834. The third-order valence-electron chi connectivity index (χ3n) is 3.09. The van der Waals surface area contributed by atoms with Gasteiger partial charge in [0.1, 0.15) is 0 Å². The van der Waals surface area contributed by atoms with Gasteiger partial charge in [0.2, 0.25) is 0 Å². The average molecular weight is 301 g/mol. The number of ketones is 1. The lowest BCUT2D eigenvalue weighted by Gasteiger charge is -2.28. The minimum absolute atomic E-state index is 0.144. The molecule has 2 atom stereocenters. The molecule has 1 aliphatic heterocycles. The second-order valence-electron chi connectivity index (χ2n) is 4.34. The van der Waals surface area contributed by atoms with Crippen LogP contribution in [-0.2, 0) is 11.2 Å². The Labute approximate surface area is 122 Å². The van der Waals surface area contributed by atoms with Gasteiger partial charge < -0.3 is 0 Å². The van der Waals surface area contributed by atoms with E-state index in [1.165, 1.54) is 5.75 Å². The molecule has 0 aliphatic carbocycles. The van der Waals surface area contributed by atoms with E-state index in [9.17, 15) is 4.79 Å². The van der Waals surface area contributed by atoms with Crippen molar-refractivity contribution in [1.82, 2.24) is 0 Å². The topological polar surface area (TPSA) is 17.1 Å². The highest BCUT2D eigenvalue weighted by Gasteiger charge is 2.30. The third kappa shape index (κ3) is 3.46. The van der Waals surface area contributed by atoms with Crippen molar-refractivity contribution in [3.05, 3.63) is 34.9 Å². The van der Waals surface area contributed by atoms with Crippen molar-refractivity contribution >= 4 is 40.9 Å². The molecule has 0 N–H and O–H groups in total. The van der Waals surface area contributed by atoms with Gasteiger partial charge in [0, 0.05) is 28.2 Å². The molecule has 18 heavy (non-hydrogen) atoms. The van der Waals surface area contributed by atoms with Gasteiger partial charge in [-0.15, -0.1) is 11.8 Å². The molecule has 0 aromatic heterocycles. The van der Waals surface area contributed by atoms with Crippen molar-refractivity contribution in [3.8, 4) is 0 Å². The molecule has 1 saturated heterocycles. The molecule has 0 amide bonds. The van der Waals surface area contributed by atoms with E-state index in [4.69, 9.17) is 11.6 Å². The first-order chi connectivity index (χ1) is 8.72. The van der Waals surface area contributed by atoms with E-state index in [0.29, 0.717) is 22.5 Å². The lowest BCUT2D eigenvalue weighted by Crippen LogP contribution is -2.33. The van der Waals surface area contributed by atoms with Gasteiger partial charge >= 0.3 is 0 Å². The fraction of sp³-hybridized carbons (Fsp3) is 0.500. The first-order valence-corrected chi connectivity index (χ1v) is 8.69. The Balaban J connectivity index is 2.05. The van der Waals surface area contributed by atoms with Crippen molar-refractivity contribution in [2.24, 2.45) is 0 Å². The number of hydrogen-bond acceptors (Lipinski definition) is 3. The zero-order chi connectivity index (χ0) is 13.0. The van der Waals surface area contributed by atoms with Crippen molar-refractivity contribution in [2.75, 3.05) is 11.5 Å². The van der Waals surface area contributed by atoms with E-state index in [2.05, 4.69) is 6.92 Å². The zero-order valence-electron chi connectivity index (χ0n) is 10.4. The normalized spacial score (nSPS) is 23.9. The Hall–Kier alpha value is -0.120. The minimum Gasteiger partial charge on any atom is -0.298 e. The number of rotatable bonds is 4. The van der Waals surface area contributed by atoms with Crippen LogP contribution in [0.3, 0.4) is 0 Å². The molecule has 0 radical (unpaired) electrons. The van der Waals surface area contributed by atoms with E-state index < -0.39 is 0 Å². The van der Waals surface area contributed by atoms with E-state index >= 15 is 0 Å². The molecular weight excluding hydrogens is 284 g/mol. The van der Waals surface area contributed by atoms with Gasteiger partial charge in [-0.2, -0.15) is 11.8 Å². The van der Waals surface area contributed by atoms with Crippen LogP contribution in [0.2, 0.25) is 5.02 Å². The Morgan fingerprint density at radius 3 is 2.78 bits per heavy atom. The first kappa shape index (κ1) is 14.3. The number of carbonyl (C=O) groups is 1. The molecule has 0 saturated carbocycles. The number of halogens is 1. The molecule has 2 unspecified atom stereocenters. The first-order valence-electron chi connectivity index (χ1n) is 6.21. The molecule has 1 aromatic rings. The van der Waals surface area contributed by atoms with Crippen molar-refractivity contribution < 1.29 is 4.79 Å². The van der Waals surface area contributed by atoms with Gasteiger partial charge in [-0.3, -0.25) is 4.79 Å². The van der Waals surface area contributed by atoms with Crippen LogP contribution in [0.4, 0.5) is 0 Å². The van der Waals surface area contributed by atoms with Crippen LogP contribution >= 0.6 is 35.1 Å². The van der Waals surface area contributed by atoms with Crippen LogP contribution in [0.5, 0.6) is 0 Å². The number of carbonyl (C=O) groups excluding carboxylic acids is 1. The average Bonchev–Trinajstić information content (AvgIpc) is 2.41. The van der Waals surface area contributed by atoms with Crippen LogP contribution < -0.4 is 0 Å². The number of hydrogen-bond donors (Lipinski definition) is 0. The summed E-state index contributed by atoms with van der Waals surface area (Å²) in [6.45, 7) is 2.17. The molecule has 0 bridgehead atoms. The predicted molar refractivity (Wildman–Crippen MR) is 82.9 cm³/mol. The van der Waals surface area contributed by atoms with Crippen molar-refractivity contribution in [3.63, 3.8) is 0 Å². The molecule has 98 valence electrons. The molecule has 1 aromatic carbocycles. The molecule has 1 aliphatic rings. The van der Waals surface area contributed by atoms with Gasteiger partial charge in [-0.05, 0) is 18.1 Å². The molecule has 1 heterocycles. The standard InChI is InChI=1S/C14H17ClOS2/c1-2-13-14(18-8-7-17-13)12(16)9-10-5-3-4-6-11(10)15/h3-6,13-14H,2,7-9H2,1H3. The van der Waals surface area contributed by atoms with Crippen LogP contribution in [-0.4, -0.2) is 27.8 Å². The van der Waals surface area contributed by atoms with Gasteiger partial charge in [-0.25, -0.2) is 0 Å². The highest BCUT2D eigenvalue weighted by atomic mass is 35.5.